The zero-order valence-corrected chi connectivity index (χ0v) is 21.6. The lowest BCUT2D eigenvalue weighted by Crippen LogP contribution is -2.43. The van der Waals surface area contributed by atoms with Gasteiger partial charge in [-0.3, -0.25) is 19.0 Å². The summed E-state index contributed by atoms with van der Waals surface area (Å²) in [4.78, 5) is 41.6. The number of carbonyl (C=O) groups excluding carboxylic acids is 2. The predicted molar refractivity (Wildman–Crippen MR) is 139 cm³/mol. The van der Waals surface area contributed by atoms with Crippen LogP contribution in [0.1, 0.15) is 37.0 Å². The largest absolute Gasteiger partial charge is 0.494 e. The number of amides is 1. The van der Waals surface area contributed by atoms with Crippen molar-refractivity contribution in [2.75, 3.05) is 40.5 Å². The fourth-order valence-corrected chi connectivity index (χ4v) is 4.68. The summed E-state index contributed by atoms with van der Waals surface area (Å²) >= 11 is 0. The fourth-order valence-electron chi connectivity index (χ4n) is 4.68. The molecule has 0 spiro atoms. The second kappa shape index (κ2) is 11.4. The van der Waals surface area contributed by atoms with E-state index in [0.29, 0.717) is 71.9 Å². The number of nitrogens with zero attached hydrogens (tertiary/aromatic N) is 2. The van der Waals surface area contributed by atoms with E-state index in [-0.39, 0.29) is 29.9 Å². The van der Waals surface area contributed by atoms with Gasteiger partial charge in [0.25, 0.3) is 11.5 Å². The van der Waals surface area contributed by atoms with Gasteiger partial charge in [0.1, 0.15) is 5.75 Å². The van der Waals surface area contributed by atoms with Crippen LogP contribution in [0.2, 0.25) is 0 Å². The molecule has 1 atom stereocenters. The van der Waals surface area contributed by atoms with E-state index in [1.54, 1.807) is 54.4 Å². The van der Waals surface area contributed by atoms with Gasteiger partial charge in [-0.2, -0.15) is 0 Å². The zero-order valence-electron chi connectivity index (χ0n) is 21.6. The van der Waals surface area contributed by atoms with Gasteiger partial charge in [-0.25, -0.2) is 0 Å². The Morgan fingerprint density at radius 2 is 1.65 bits per heavy atom. The van der Waals surface area contributed by atoms with E-state index in [2.05, 4.69) is 0 Å². The van der Waals surface area contributed by atoms with Crippen molar-refractivity contribution in [3.05, 3.63) is 58.5 Å². The maximum Gasteiger partial charge on any atom is 0.310 e. The number of hydrogen-bond acceptors (Lipinski definition) is 7. The Balaban J connectivity index is 1.85. The van der Waals surface area contributed by atoms with Crippen LogP contribution in [0.4, 0.5) is 0 Å². The van der Waals surface area contributed by atoms with Crippen molar-refractivity contribution < 1.29 is 28.5 Å². The Bertz CT molecular complexity index is 1350. The molecule has 1 amide bonds. The summed E-state index contributed by atoms with van der Waals surface area (Å²) in [5.74, 6) is 0.527. The summed E-state index contributed by atoms with van der Waals surface area (Å²) in [7, 11) is 2.99. The van der Waals surface area contributed by atoms with Gasteiger partial charge < -0.3 is 23.8 Å². The first kappa shape index (κ1) is 26.1. The summed E-state index contributed by atoms with van der Waals surface area (Å²) in [6, 6.07) is 10.3. The lowest BCUT2D eigenvalue weighted by Gasteiger charge is -2.32. The standard InChI is InChI=1S/C28H32N2O7/c1-5-36-20-11-9-19(10-12-20)30-17-23(21-14-24(34-3)25(35-4)15-22(21)27(30)32)26(31)29-13-7-8-18(16-29)28(33)37-6-2/h9-12,14-15,17-18H,5-8,13,16H2,1-4H3. The molecule has 0 radical (unpaired) electrons. The topological polar surface area (TPSA) is 96.3 Å². The summed E-state index contributed by atoms with van der Waals surface area (Å²) < 4.78 is 23.1. The quantitative estimate of drug-likeness (QED) is 0.427. The summed E-state index contributed by atoms with van der Waals surface area (Å²) in [5, 5.41) is 0.768. The summed E-state index contributed by atoms with van der Waals surface area (Å²) in [6.07, 6.45) is 2.91. The maximum atomic E-state index is 13.9. The Kier molecular flexibility index (Phi) is 8.01. The number of fused-ring (bicyclic) bond motifs is 1. The van der Waals surface area contributed by atoms with Crippen molar-refractivity contribution in [2.24, 2.45) is 5.92 Å². The molecule has 0 bridgehead atoms. The highest BCUT2D eigenvalue weighted by molar-refractivity contribution is 6.07. The first-order chi connectivity index (χ1) is 17.9. The minimum Gasteiger partial charge on any atom is -0.494 e. The number of esters is 1. The van der Waals surface area contributed by atoms with E-state index in [4.69, 9.17) is 18.9 Å². The molecule has 1 aliphatic rings. The number of rotatable bonds is 8. The monoisotopic (exact) mass is 508 g/mol. The minimum absolute atomic E-state index is 0.259. The first-order valence-corrected chi connectivity index (χ1v) is 12.4. The maximum absolute atomic E-state index is 13.9. The van der Waals surface area contributed by atoms with Gasteiger partial charge in [0.2, 0.25) is 0 Å². The average Bonchev–Trinajstić information content (AvgIpc) is 2.93. The van der Waals surface area contributed by atoms with Crippen molar-refractivity contribution in [2.45, 2.75) is 26.7 Å². The number of pyridine rings is 1. The van der Waals surface area contributed by atoms with Crippen LogP contribution in [-0.2, 0) is 9.53 Å². The lowest BCUT2D eigenvalue weighted by atomic mass is 9.97. The number of ether oxygens (including phenoxy) is 4. The third kappa shape index (κ3) is 5.26. The van der Waals surface area contributed by atoms with E-state index in [1.807, 2.05) is 6.92 Å². The van der Waals surface area contributed by atoms with E-state index in [9.17, 15) is 14.4 Å². The van der Waals surface area contributed by atoms with Crippen molar-refractivity contribution in [3.63, 3.8) is 0 Å². The molecule has 2 heterocycles. The fraction of sp³-hybridized carbons (Fsp3) is 0.393. The number of aromatic nitrogens is 1. The van der Waals surface area contributed by atoms with Crippen molar-refractivity contribution >= 4 is 22.6 Å². The van der Waals surface area contributed by atoms with Gasteiger partial charge >= 0.3 is 5.97 Å². The highest BCUT2D eigenvalue weighted by Crippen LogP contribution is 2.33. The highest BCUT2D eigenvalue weighted by Gasteiger charge is 2.31. The number of piperidine rings is 1. The average molecular weight is 509 g/mol. The SMILES string of the molecule is CCOC(=O)C1CCCN(C(=O)c2cn(-c3ccc(OCC)cc3)c(=O)c3cc(OC)c(OC)cc23)C1. The van der Waals surface area contributed by atoms with Crippen LogP contribution in [0.25, 0.3) is 16.5 Å². The number of likely N-dealkylation sites (tertiary alicyclic amines) is 1. The van der Waals surface area contributed by atoms with E-state index >= 15 is 0 Å². The smallest absolute Gasteiger partial charge is 0.310 e. The third-order valence-corrected chi connectivity index (χ3v) is 6.51. The van der Waals surface area contributed by atoms with Crippen LogP contribution in [0.5, 0.6) is 17.2 Å². The van der Waals surface area contributed by atoms with Crippen LogP contribution in [-0.4, -0.2) is 61.9 Å². The van der Waals surface area contributed by atoms with Crippen LogP contribution >= 0.6 is 0 Å². The molecule has 1 aliphatic heterocycles. The Morgan fingerprint density at radius 3 is 2.27 bits per heavy atom. The molecule has 9 heteroatoms. The molecule has 1 aromatic heterocycles. The minimum atomic E-state index is -0.379. The Labute approximate surface area is 215 Å². The van der Waals surface area contributed by atoms with Gasteiger partial charge in [-0.05, 0) is 63.1 Å². The second-order valence-corrected chi connectivity index (χ2v) is 8.74. The van der Waals surface area contributed by atoms with Gasteiger partial charge in [0.05, 0.1) is 44.3 Å². The van der Waals surface area contributed by atoms with Gasteiger partial charge in [-0.15, -0.1) is 0 Å². The molecule has 1 saturated heterocycles. The predicted octanol–water partition coefficient (Wildman–Crippen LogP) is 3.82. The van der Waals surface area contributed by atoms with Crippen molar-refractivity contribution in [3.8, 4) is 22.9 Å². The molecule has 196 valence electrons. The molecule has 1 unspecified atom stereocenters. The highest BCUT2D eigenvalue weighted by atomic mass is 16.5. The lowest BCUT2D eigenvalue weighted by molar-refractivity contribution is -0.149. The molecule has 9 nitrogen and oxygen atoms in total. The van der Waals surface area contributed by atoms with E-state index < -0.39 is 0 Å². The summed E-state index contributed by atoms with van der Waals surface area (Å²) in [5.41, 5.74) is 0.607. The third-order valence-electron chi connectivity index (χ3n) is 6.51. The molecular weight excluding hydrogens is 476 g/mol. The van der Waals surface area contributed by atoms with E-state index in [1.165, 1.54) is 18.8 Å². The molecule has 4 rings (SSSR count). The molecular formula is C28H32N2O7. The number of hydrogen-bond donors (Lipinski definition) is 0. The molecule has 0 saturated carbocycles. The summed E-state index contributed by atoms with van der Waals surface area (Å²) in [6.45, 7) is 5.25. The van der Waals surface area contributed by atoms with Crippen LogP contribution in [0.3, 0.4) is 0 Å². The molecule has 2 aromatic carbocycles. The molecule has 0 aliphatic carbocycles. The second-order valence-electron chi connectivity index (χ2n) is 8.74. The van der Waals surface area contributed by atoms with Crippen molar-refractivity contribution in [1.82, 2.24) is 9.47 Å². The number of methoxy groups -OCH3 is 2. The van der Waals surface area contributed by atoms with E-state index in [0.717, 1.165) is 0 Å². The first-order valence-electron chi connectivity index (χ1n) is 12.4. The zero-order chi connectivity index (χ0) is 26.5. The molecule has 0 N–H and O–H groups in total. The normalized spacial score (nSPS) is 15.4. The van der Waals surface area contributed by atoms with Gasteiger partial charge in [-0.1, -0.05) is 0 Å². The molecule has 37 heavy (non-hydrogen) atoms. The Morgan fingerprint density at radius 1 is 0.973 bits per heavy atom. The van der Waals surface area contributed by atoms with Crippen LogP contribution in [0, 0.1) is 5.92 Å². The molecule has 1 fully saturated rings. The molecule has 3 aromatic rings. The van der Waals surface area contributed by atoms with Crippen LogP contribution in [0.15, 0.2) is 47.4 Å². The van der Waals surface area contributed by atoms with Gasteiger partial charge in [0, 0.05) is 30.4 Å². The van der Waals surface area contributed by atoms with Crippen molar-refractivity contribution in [1.29, 1.82) is 0 Å². The van der Waals surface area contributed by atoms with Crippen LogP contribution < -0.4 is 19.8 Å². The Hall–Kier alpha value is -4.01. The van der Waals surface area contributed by atoms with Gasteiger partial charge in [0.15, 0.2) is 11.5 Å². The number of carbonyl (C=O) groups is 2. The number of benzene rings is 2.